The highest BCUT2D eigenvalue weighted by atomic mass is 15.2. The normalized spacial score (nSPS) is 28.6. The van der Waals surface area contributed by atoms with Gasteiger partial charge in [0.05, 0.1) is 0 Å². The molecule has 2 rings (SSSR count). The summed E-state index contributed by atoms with van der Waals surface area (Å²) in [6, 6.07) is 1.45. The van der Waals surface area contributed by atoms with Crippen molar-refractivity contribution in [3.8, 4) is 0 Å². The van der Waals surface area contributed by atoms with Crippen molar-refractivity contribution in [3.63, 3.8) is 0 Å². The highest BCUT2D eigenvalue weighted by molar-refractivity contribution is 4.88. The predicted molar refractivity (Wildman–Crippen MR) is 73.1 cm³/mol. The molecule has 2 N–H and O–H groups in total. The number of likely N-dealkylation sites (N-methyl/N-ethyl adjacent to an activating group) is 1. The molecule has 100 valence electrons. The molecule has 0 spiro atoms. The molecule has 0 aromatic carbocycles. The number of hydrogen-bond donors (Lipinski definition) is 1. The van der Waals surface area contributed by atoms with Gasteiger partial charge in [0, 0.05) is 18.6 Å². The molecule has 1 saturated heterocycles. The molecule has 0 radical (unpaired) electrons. The van der Waals surface area contributed by atoms with Crippen LogP contribution in [0.3, 0.4) is 0 Å². The highest BCUT2D eigenvalue weighted by Gasteiger charge is 2.33. The molecule has 17 heavy (non-hydrogen) atoms. The molecule has 3 heteroatoms. The Morgan fingerprint density at radius 2 is 2.06 bits per heavy atom. The third-order valence-corrected chi connectivity index (χ3v) is 4.71. The van der Waals surface area contributed by atoms with Gasteiger partial charge in [0.15, 0.2) is 0 Å². The maximum atomic E-state index is 5.90. The van der Waals surface area contributed by atoms with Crippen LogP contribution in [-0.2, 0) is 0 Å². The Bertz CT molecular complexity index is 228. The van der Waals surface area contributed by atoms with E-state index in [9.17, 15) is 0 Å². The van der Waals surface area contributed by atoms with Gasteiger partial charge in [0.25, 0.3) is 0 Å². The van der Waals surface area contributed by atoms with Crippen LogP contribution in [0.25, 0.3) is 0 Å². The molecule has 1 aliphatic carbocycles. The van der Waals surface area contributed by atoms with Crippen LogP contribution in [-0.4, -0.2) is 55.6 Å². The number of likely N-dealkylation sites (tertiary alicyclic amines) is 1. The van der Waals surface area contributed by atoms with E-state index in [1.54, 1.807) is 0 Å². The average Bonchev–Trinajstić information content (AvgIpc) is 3.13. The van der Waals surface area contributed by atoms with Crippen LogP contribution in [0.5, 0.6) is 0 Å². The van der Waals surface area contributed by atoms with Crippen LogP contribution in [0.15, 0.2) is 0 Å². The lowest BCUT2D eigenvalue weighted by molar-refractivity contribution is 0.144. The molecular formula is C14H29N3. The minimum Gasteiger partial charge on any atom is -0.329 e. The van der Waals surface area contributed by atoms with Gasteiger partial charge in [0.1, 0.15) is 0 Å². The highest BCUT2D eigenvalue weighted by Crippen LogP contribution is 2.34. The van der Waals surface area contributed by atoms with Crippen molar-refractivity contribution in [2.45, 2.75) is 50.6 Å². The van der Waals surface area contributed by atoms with Crippen molar-refractivity contribution in [1.29, 1.82) is 0 Å². The van der Waals surface area contributed by atoms with E-state index < -0.39 is 0 Å². The summed E-state index contributed by atoms with van der Waals surface area (Å²) in [6.45, 7) is 3.34. The lowest BCUT2D eigenvalue weighted by atomic mass is 9.99. The Morgan fingerprint density at radius 1 is 1.29 bits per heavy atom. The van der Waals surface area contributed by atoms with Crippen molar-refractivity contribution in [3.05, 3.63) is 0 Å². The number of nitrogens with zero attached hydrogens (tertiary/aromatic N) is 2. The van der Waals surface area contributed by atoms with Crippen LogP contribution in [0.4, 0.5) is 0 Å². The van der Waals surface area contributed by atoms with Crippen LogP contribution in [0.2, 0.25) is 0 Å². The maximum absolute atomic E-state index is 5.90. The van der Waals surface area contributed by atoms with Gasteiger partial charge in [-0.15, -0.1) is 0 Å². The molecule has 3 nitrogen and oxygen atoms in total. The Kier molecular flexibility index (Phi) is 4.83. The summed E-state index contributed by atoms with van der Waals surface area (Å²) in [7, 11) is 4.55. The van der Waals surface area contributed by atoms with Gasteiger partial charge in [-0.1, -0.05) is 6.42 Å². The van der Waals surface area contributed by atoms with Crippen LogP contribution in [0.1, 0.15) is 38.5 Å². The van der Waals surface area contributed by atoms with Crippen molar-refractivity contribution in [2.24, 2.45) is 11.7 Å². The summed E-state index contributed by atoms with van der Waals surface area (Å²) in [5, 5.41) is 0. The Labute approximate surface area is 106 Å². The second kappa shape index (κ2) is 6.17. The Morgan fingerprint density at radius 3 is 2.65 bits per heavy atom. The van der Waals surface area contributed by atoms with Crippen molar-refractivity contribution in [2.75, 3.05) is 33.7 Å². The fourth-order valence-corrected chi connectivity index (χ4v) is 3.24. The molecule has 0 aromatic heterocycles. The lowest BCUT2D eigenvalue weighted by Crippen LogP contribution is -2.43. The molecular weight excluding hydrogens is 210 g/mol. The summed E-state index contributed by atoms with van der Waals surface area (Å²) in [6.07, 6.45) is 8.31. The topological polar surface area (TPSA) is 32.5 Å². The first kappa shape index (κ1) is 13.3. The molecule has 1 aliphatic heterocycles. The van der Waals surface area contributed by atoms with Crippen molar-refractivity contribution in [1.82, 2.24) is 9.80 Å². The number of piperidine rings is 1. The molecule has 2 unspecified atom stereocenters. The number of hydrogen-bond acceptors (Lipinski definition) is 3. The standard InChI is InChI=1S/C14H29N3/c1-16-9-4-3-5-13(16)8-10-17(2)14(11-15)12-6-7-12/h12-14H,3-11,15H2,1-2H3. The summed E-state index contributed by atoms with van der Waals surface area (Å²) >= 11 is 0. The smallest absolute Gasteiger partial charge is 0.0243 e. The first-order valence-corrected chi connectivity index (χ1v) is 7.33. The van der Waals surface area contributed by atoms with Gasteiger partial charge >= 0.3 is 0 Å². The summed E-state index contributed by atoms with van der Waals surface area (Å²) in [4.78, 5) is 5.06. The van der Waals surface area contributed by atoms with E-state index in [2.05, 4.69) is 23.9 Å². The van der Waals surface area contributed by atoms with E-state index in [0.29, 0.717) is 6.04 Å². The SMILES string of the molecule is CN1CCCCC1CCN(C)C(CN)C1CC1. The van der Waals surface area contributed by atoms with Crippen LogP contribution >= 0.6 is 0 Å². The zero-order valence-corrected chi connectivity index (χ0v) is 11.6. The largest absolute Gasteiger partial charge is 0.329 e. The van der Waals surface area contributed by atoms with Crippen molar-refractivity contribution >= 4 is 0 Å². The first-order valence-electron chi connectivity index (χ1n) is 7.33. The zero-order chi connectivity index (χ0) is 12.3. The molecule has 1 saturated carbocycles. The number of nitrogens with two attached hydrogens (primary N) is 1. The molecule has 1 heterocycles. The molecule has 2 fully saturated rings. The second-order valence-corrected chi connectivity index (χ2v) is 6.04. The minimum atomic E-state index is 0.642. The quantitative estimate of drug-likeness (QED) is 0.763. The van der Waals surface area contributed by atoms with Gasteiger partial charge in [-0.3, -0.25) is 0 Å². The molecule has 0 amide bonds. The summed E-state index contributed by atoms with van der Waals surface area (Å²) in [5.74, 6) is 0.897. The molecule has 0 bridgehead atoms. The molecule has 2 aliphatic rings. The summed E-state index contributed by atoms with van der Waals surface area (Å²) < 4.78 is 0. The van der Waals surface area contributed by atoms with Gasteiger partial charge in [0.2, 0.25) is 0 Å². The van der Waals surface area contributed by atoms with Gasteiger partial charge in [-0.25, -0.2) is 0 Å². The van der Waals surface area contributed by atoms with E-state index in [0.717, 1.165) is 18.5 Å². The first-order chi connectivity index (χ1) is 8.22. The van der Waals surface area contributed by atoms with Gasteiger partial charge in [-0.05, 0) is 65.2 Å². The third kappa shape index (κ3) is 3.67. The van der Waals surface area contributed by atoms with E-state index >= 15 is 0 Å². The van der Waals surface area contributed by atoms with E-state index in [1.165, 1.54) is 51.6 Å². The zero-order valence-electron chi connectivity index (χ0n) is 11.6. The van der Waals surface area contributed by atoms with Crippen LogP contribution in [0, 0.1) is 5.92 Å². The van der Waals surface area contributed by atoms with Crippen molar-refractivity contribution < 1.29 is 0 Å². The average molecular weight is 239 g/mol. The number of rotatable bonds is 6. The fraction of sp³-hybridized carbons (Fsp3) is 1.00. The monoisotopic (exact) mass is 239 g/mol. The van der Waals surface area contributed by atoms with E-state index in [4.69, 9.17) is 5.73 Å². The van der Waals surface area contributed by atoms with E-state index in [1.807, 2.05) is 0 Å². The minimum absolute atomic E-state index is 0.642. The fourth-order valence-electron chi connectivity index (χ4n) is 3.24. The second-order valence-electron chi connectivity index (χ2n) is 6.04. The van der Waals surface area contributed by atoms with Gasteiger partial charge in [-0.2, -0.15) is 0 Å². The lowest BCUT2D eigenvalue weighted by Gasteiger charge is -2.35. The molecule has 2 atom stereocenters. The Hall–Kier alpha value is -0.120. The molecule has 0 aromatic rings. The maximum Gasteiger partial charge on any atom is 0.0243 e. The predicted octanol–water partition coefficient (Wildman–Crippen LogP) is 1.53. The van der Waals surface area contributed by atoms with Crippen LogP contribution < -0.4 is 5.73 Å². The van der Waals surface area contributed by atoms with Gasteiger partial charge < -0.3 is 15.5 Å². The summed E-state index contributed by atoms with van der Waals surface area (Å²) in [5.41, 5.74) is 5.90. The Balaban J connectivity index is 1.72. The van der Waals surface area contributed by atoms with E-state index in [-0.39, 0.29) is 0 Å². The third-order valence-electron chi connectivity index (χ3n) is 4.71.